The molecule has 0 aliphatic heterocycles. The van der Waals surface area contributed by atoms with Crippen LogP contribution in [0.5, 0.6) is 5.75 Å². The Morgan fingerprint density at radius 1 is 1.27 bits per heavy atom. The number of rotatable bonds is 2. The van der Waals surface area contributed by atoms with Gasteiger partial charge in [0.1, 0.15) is 5.75 Å². The van der Waals surface area contributed by atoms with Crippen LogP contribution in [0.1, 0.15) is 0 Å². The third-order valence-corrected chi connectivity index (χ3v) is 1.82. The Balaban J connectivity index is 2.78. The van der Waals surface area contributed by atoms with Crippen molar-refractivity contribution in [2.45, 2.75) is 8.82 Å². The van der Waals surface area contributed by atoms with Crippen LogP contribution in [0, 0.1) is 0 Å². The largest absolute Gasteiger partial charge is 0.467 e. The molecule has 0 aromatic heterocycles. The smallest absolute Gasteiger partial charge is 0.207 e. The van der Waals surface area contributed by atoms with Crippen molar-refractivity contribution in [1.82, 2.24) is 0 Å². The highest BCUT2D eigenvalue weighted by molar-refractivity contribution is 9.24. The Bertz CT molecular complexity index is 240. The van der Waals surface area contributed by atoms with Crippen molar-refractivity contribution in [3.05, 3.63) is 24.3 Å². The lowest BCUT2D eigenvalue weighted by Crippen LogP contribution is -1.97. The highest BCUT2D eigenvalue weighted by Crippen LogP contribution is 2.25. The number of ether oxygens (including phenoxy) is 1. The SMILES string of the molecule is Sc1ccccc1OC(Br)Br. The van der Waals surface area contributed by atoms with E-state index in [-0.39, 0.29) is 3.92 Å². The maximum atomic E-state index is 5.30. The third-order valence-electron chi connectivity index (χ3n) is 1.08. The molecule has 0 radical (unpaired) electrons. The van der Waals surface area contributed by atoms with E-state index in [9.17, 15) is 0 Å². The van der Waals surface area contributed by atoms with E-state index < -0.39 is 0 Å². The first-order valence-electron chi connectivity index (χ1n) is 2.93. The average molecular weight is 298 g/mol. The van der Waals surface area contributed by atoms with Crippen molar-refractivity contribution in [2.75, 3.05) is 0 Å². The molecule has 1 rings (SSSR count). The second-order valence-corrected chi connectivity index (χ2v) is 5.22. The lowest BCUT2D eigenvalue weighted by Gasteiger charge is -2.07. The van der Waals surface area contributed by atoms with Gasteiger partial charge in [-0.2, -0.15) is 0 Å². The molecule has 0 atom stereocenters. The molecular weight excluding hydrogens is 292 g/mol. The fourth-order valence-corrected chi connectivity index (χ4v) is 1.27. The van der Waals surface area contributed by atoms with Crippen LogP contribution in [0.2, 0.25) is 0 Å². The monoisotopic (exact) mass is 296 g/mol. The summed E-state index contributed by atoms with van der Waals surface area (Å²) in [6.07, 6.45) is 0. The van der Waals surface area contributed by atoms with Gasteiger partial charge in [0, 0.05) is 4.90 Å². The van der Waals surface area contributed by atoms with Gasteiger partial charge in [0.15, 0.2) is 0 Å². The lowest BCUT2D eigenvalue weighted by atomic mass is 10.3. The molecule has 0 aliphatic rings. The van der Waals surface area contributed by atoms with E-state index in [1.54, 1.807) is 0 Å². The van der Waals surface area contributed by atoms with Crippen LogP contribution >= 0.6 is 44.5 Å². The fourth-order valence-electron chi connectivity index (χ4n) is 0.653. The highest BCUT2D eigenvalue weighted by atomic mass is 79.9. The van der Waals surface area contributed by atoms with E-state index in [4.69, 9.17) is 4.74 Å². The quantitative estimate of drug-likeness (QED) is 0.650. The maximum Gasteiger partial charge on any atom is 0.207 e. The molecule has 0 N–H and O–H groups in total. The Hall–Kier alpha value is 0.330. The minimum absolute atomic E-state index is 0.164. The normalized spacial score (nSPS) is 10.2. The van der Waals surface area contributed by atoms with Gasteiger partial charge in [0.2, 0.25) is 3.92 Å². The summed E-state index contributed by atoms with van der Waals surface area (Å²) in [6, 6.07) is 7.54. The summed E-state index contributed by atoms with van der Waals surface area (Å²) in [6.45, 7) is 0. The summed E-state index contributed by atoms with van der Waals surface area (Å²) < 4.78 is 5.14. The summed E-state index contributed by atoms with van der Waals surface area (Å²) in [5.41, 5.74) is 0. The number of para-hydroxylation sites is 1. The van der Waals surface area contributed by atoms with E-state index in [1.807, 2.05) is 24.3 Å². The van der Waals surface area contributed by atoms with Gasteiger partial charge in [-0.05, 0) is 44.0 Å². The van der Waals surface area contributed by atoms with E-state index >= 15 is 0 Å². The van der Waals surface area contributed by atoms with Crippen LogP contribution in [0.15, 0.2) is 29.2 Å². The third kappa shape index (κ3) is 3.05. The summed E-state index contributed by atoms with van der Waals surface area (Å²) in [4.78, 5) is 0.830. The Morgan fingerprint density at radius 2 is 1.91 bits per heavy atom. The zero-order valence-corrected chi connectivity index (χ0v) is 9.56. The maximum absolute atomic E-state index is 5.30. The number of benzene rings is 1. The second kappa shape index (κ2) is 4.38. The van der Waals surface area contributed by atoms with E-state index in [0.717, 1.165) is 10.6 Å². The van der Waals surface area contributed by atoms with Crippen LogP contribution in [0.4, 0.5) is 0 Å². The second-order valence-electron chi connectivity index (χ2n) is 1.85. The number of thiol groups is 1. The molecule has 0 saturated heterocycles. The van der Waals surface area contributed by atoms with Crippen molar-refractivity contribution in [1.29, 1.82) is 0 Å². The molecule has 0 heterocycles. The molecule has 4 heteroatoms. The van der Waals surface area contributed by atoms with E-state index in [2.05, 4.69) is 44.5 Å². The van der Waals surface area contributed by atoms with Crippen LogP contribution in [-0.4, -0.2) is 3.92 Å². The van der Waals surface area contributed by atoms with Gasteiger partial charge in [-0.15, -0.1) is 12.6 Å². The summed E-state index contributed by atoms with van der Waals surface area (Å²) in [7, 11) is 0. The van der Waals surface area contributed by atoms with Crippen molar-refractivity contribution in [2.24, 2.45) is 0 Å². The minimum atomic E-state index is -0.164. The molecule has 0 aliphatic carbocycles. The summed E-state index contributed by atoms with van der Waals surface area (Å²) in [5.74, 6) is 0.759. The average Bonchev–Trinajstić information content (AvgIpc) is 1.93. The Morgan fingerprint density at radius 3 is 2.45 bits per heavy atom. The first kappa shape index (κ1) is 9.42. The predicted molar refractivity (Wildman–Crippen MR) is 56.0 cm³/mol. The number of alkyl halides is 2. The van der Waals surface area contributed by atoms with Crippen molar-refractivity contribution < 1.29 is 4.74 Å². The topological polar surface area (TPSA) is 9.23 Å². The fraction of sp³-hybridized carbons (Fsp3) is 0.143. The number of hydrogen-bond donors (Lipinski definition) is 1. The van der Waals surface area contributed by atoms with E-state index in [1.165, 1.54) is 0 Å². The Labute approximate surface area is 87.8 Å². The lowest BCUT2D eigenvalue weighted by molar-refractivity contribution is 0.367. The van der Waals surface area contributed by atoms with Crippen LogP contribution in [-0.2, 0) is 0 Å². The van der Waals surface area contributed by atoms with Crippen molar-refractivity contribution in [3.8, 4) is 5.75 Å². The molecule has 1 aromatic carbocycles. The Kier molecular flexibility index (Phi) is 3.75. The molecule has 11 heavy (non-hydrogen) atoms. The zero-order valence-electron chi connectivity index (χ0n) is 5.50. The van der Waals surface area contributed by atoms with Crippen molar-refractivity contribution >= 4 is 44.5 Å². The molecule has 0 saturated carbocycles. The van der Waals surface area contributed by atoms with Crippen molar-refractivity contribution in [3.63, 3.8) is 0 Å². The van der Waals surface area contributed by atoms with Gasteiger partial charge < -0.3 is 4.74 Å². The van der Waals surface area contributed by atoms with Gasteiger partial charge in [-0.3, -0.25) is 0 Å². The summed E-state index contributed by atoms with van der Waals surface area (Å²) in [5, 5.41) is 0. The van der Waals surface area contributed by atoms with Crippen LogP contribution in [0.25, 0.3) is 0 Å². The standard InChI is InChI=1S/C7H6Br2OS/c8-7(9)10-5-3-1-2-4-6(5)11/h1-4,7,11H. The van der Waals surface area contributed by atoms with Crippen LogP contribution in [0.3, 0.4) is 0 Å². The number of halogens is 2. The molecular formula is C7H6Br2OS. The molecule has 1 aromatic rings. The molecule has 0 bridgehead atoms. The minimum Gasteiger partial charge on any atom is -0.467 e. The molecule has 0 unspecified atom stereocenters. The molecule has 1 nitrogen and oxygen atoms in total. The van der Waals surface area contributed by atoms with Gasteiger partial charge in [0.25, 0.3) is 0 Å². The molecule has 60 valence electrons. The molecule has 0 fully saturated rings. The predicted octanol–water partition coefficient (Wildman–Crippen LogP) is 3.43. The van der Waals surface area contributed by atoms with Gasteiger partial charge >= 0.3 is 0 Å². The van der Waals surface area contributed by atoms with Gasteiger partial charge in [0.05, 0.1) is 0 Å². The zero-order chi connectivity index (χ0) is 8.27. The first-order valence-corrected chi connectivity index (χ1v) is 5.21. The van der Waals surface area contributed by atoms with E-state index in [0.29, 0.717) is 0 Å². The van der Waals surface area contributed by atoms with Crippen LogP contribution < -0.4 is 4.74 Å². The highest BCUT2D eigenvalue weighted by Gasteiger charge is 2.01. The number of hydrogen-bond acceptors (Lipinski definition) is 2. The summed E-state index contributed by atoms with van der Waals surface area (Å²) >= 11 is 10.6. The van der Waals surface area contributed by atoms with Gasteiger partial charge in [-0.1, -0.05) is 12.1 Å². The molecule has 0 amide bonds. The molecule has 0 spiro atoms. The van der Waals surface area contributed by atoms with Gasteiger partial charge in [-0.25, -0.2) is 0 Å². The first-order chi connectivity index (χ1) is 5.20.